The van der Waals surface area contributed by atoms with Gasteiger partial charge in [-0.3, -0.25) is 0 Å². The Labute approximate surface area is 124 Å². The van der Waals surface area contributed by atoms with Crippen LogP contribution >= 0.6 is 0 Å². The number of carbonyl (C=O) groups is 1. The van der Waals surface area contributed by atoms with Gasteiger partial charge in [-0.25, -0.2) is 0 Å². The molecule has 4 heteroatoms. The highest BCUT2D eigenvalue weighted by Gasteiger charge is 1.92. The Kier molecular flexibility index (Phi) is 6.54. The highest BCUT2D eigenvalue weighted by Crippen LogP contribution is 2.16. The third-order valence-corrected chi connectivity index (χ3v) is 2.69. The molecule has 2 aromatic rings. The normalized spacial score (nSPS) is 9.19. The molecule has 21 heavy (non-hydrogen) atoms. The van der Waals surface area contributed by atoms with Crippen molar-refractivity contribution in [2.75, 3.05) is 11.1 Å². The van der Waals surface area contributed by atoms with Gasteiger partial charge in [-0.2, -0.15) is 0 Å². The molecule has 2 aromatic carbocycles. The maximum absolute atomic E-state index is 9.72. The van der Waals surface area contributed by atoms with E-state index >= 15 is 0 Å². The van der Waals surface area contributed by atoms with E-state index < -0.39 is 5.97 Å². The van der Waals surface area contributed by atoms with Gasteiger partial charge in [-0.05, 0) is 48.4 Å². The molecule has 4 nitrogen and oxygen atoms in total. The summed E-state index contributed by atoms with van der Waals surface area (Å²) in [4.78, 5) is 9.72. The van der Waals surface area contributed by atoms with Crippen LogP contribution in [0.25, 0.3) is 0 Å². The molecule has 0 unspecified atom stereocenters. The summed E-state index contributed by atoms with van der Waals surface area (Å²) in [5.74, 6) is -1.15. The summed E-state index contributed by atoms with van der Waals surface area (Å²) in [5.41, 5.74) is 8.65. The molecule has 0 aliphatic heterocycles. The number of carboxylic acid groups (broad SMARTS) is 1. The Morgan fingerprint density at radius 2 is 1.62 bits per heavy atom. The fourth-order valence-corrected chi connectivity index (χ4v) is 1.40. The lowest BCUT2D eigenvalue weighted by Crippen LogP contribution is -2.23. The summed E-state index contributed by atoms with van der Waals surface area (Å²) in [6.45, 7) is 4.93. The lowest BCUT2D eigenvalue weighted by atomic mass is 10.2. The van der Waals surface area contributed by atoms with E-state index in [9.17, 15) is 9.90 Å². The number of hydrogen-bond donors (Lipinski definition) is 2. The molecule has 0 radical (unpaired) electrons. The first kappa shape index (κ1) is 16.3. The molecular formula is C17H19N2O2-. The van der Waals surface area contributed by atoms with Gasteiger partial charge in [-0.1, -0.05) is 31.7 Å². The van der Waals surface area contributed by atoms with Gasteiger partial charge in [-0.15, -0.1) is 0 Å². The first-order valence-electron chi connectivity index (χ1n) is 6.59. The predicted molar refractivity (Wildman–Crippen MR) is 85.0 cm³/mol. The second-order valence-corrected chi connectivity index (χ2v) is 4.36. The second kappa shape index (κ2) is 8.43. The summed E-state index contributed by atoms with van der Waals surface area (Å²) in [5, 5.41) is 13.0. The van der Waals surface area contributed by atoms with Gasteiger partial charge in [0.25, 0.3) is 0 Å². The molecule has 0 saturated heterocycles. The van der Waals surface area contributed by atoms with Crippen molar-refractivity contribution in [1.29, 1.82) is 0 Å². The third kappa shape index (κ3) is 6.29. The molecule has 3 N–H and O–H groups in total. The van der Waals surface area contributed by atoms with Crippen LogP contribution in [0.4, 0.5) is 17.1 Å². The first-order valence-corrected chi connectivity index (χ1v) is 6.59. The topological polar surface area (TPSA) is 78.2 Å². The van der Waals surface area contributed by atoms with Gasteiger partial charge >= 0.3 is 0 Å². The van der Waals surface area contributed by atoms with Crippen LogP contribution in [0.5, 0.6) is 0 Å². The fraction of sp³-hybridized carbons (Fsp3) is 0.118. The van der Waals surface area contributed by atoms with E-state index in [2.05, 4.69) is 11.9 Å². The summed E-state index contributed by atoms with van der Waals surface area (Å²) in [6, 6.07) is 17.7. The number of benzene rings is 2. The van der Waals surface area contributed by atoms with Crippen molar-refractivity contribution in [2.45, 2.75) is 13.3 Å². The molecule has 2 rings (SSSR count). The van der Waals surface area contributed by atoms with Gasteiger partial charge in [0.2, 0.25) is 0 Å². The van der Waals surface area contributed by atoms with Crippen LogP contribution in [-0.4, -0.2) is 5.97 Å². The number of nitrogens with one attached hydrogen (secondary N) is 1. The van der Waals surface area contributed by atoms with E-state index in [1.165, 1.54) is 0 Å². The summed E-state index contributed by atoms with van der Waals surface area (Å²) in [6.07, 6.45) is 0.461. The average molecular weight is 283 g/mol. The highest BCUT2D eigenvalue weighted by molar-refractivity contribution is 5.83. The maximum Gasteiger partial charge on any atom is 0.0668 e. The van der Waals surface area contributed by atoms with E-state index in [0.29, 0.717) is 6.42 Å². The number of hydrogen-bond acceptors (Lipinski definition) is 4. The monoisotopic (exact) mass is 283 g/mol. The minimum atomic E-state index is -1.15. The molecule has 0 saturated carbocycles. The van der Waals surface area contributed by atoms with E-state index in [0.717, 1.165) is 17.1 Å². The van der Waals surface area contributed by atoms with Crippen molar-refractivity contribution >= 4 is 23.0 Å². The molecule has 0 fully saturated rings. The number of carbonyl (C=O) groups excluding carboxylic acids is 1. The van der Waals surface area contributed by atoms with Gasteiger partial charge in [0, 0.05) is 17.1 Å². The number of rotatable bonds is 4. The Hall–Kier alpha value is -2.75. The number of nitrogens with two attached hydrogens (primary N) is 1. The summed E-state index contributed by atoms with van der Waals surface area (Å²) in [7, 11) is 0. The van der Waals surface area contributed by atoms with Crippen LogP contribution in [0, 0.1) is 0 Å². The van der Waals surface area contributed by atoms with Crippen molar-refractivity contribution < 1.29 is 9.90 Å². The van der Waals surface area contributed by atoms with Crippen LogP contribution in [0.1, 0.15) is 13.3 Å². The van der Waals surface area contributed by atoms with Crippen molar-refractivity contribution in [2.24, 2.45) is 0 Å². The molecule has 0 aliphatic carbocycles. The first-order chi connectivity index (χ1) is 10.0. The SMILES string of the molecule is C=C(CC)C(=O)[O-].Nc1ccc(Nc2ccccc2)cc1. The zero-order valence-corrected chi connectivity index (χ0v) is 12.0. The van der Waals surface area contributed by atoms with Crippen molar-refractivity contribution in [3.05, 3.63) is 66.7 Å². The smallest absolute Gasteiger partial charge is 0.0668 e. The number of anilines is 3. The molecule has 0 spiro atoms. The number of nitrogen functional groups attached to an aromatic ring is 1. The standard InChI is InChI=1S/C12H12N2.C5H8O2/c13-10-6-8-12(9-7-10)14-11-4-2-1-3-5-11;1-3-4(2)5(6)7/h1-9,14H,13H2;2-3H2,1H3,(H,6,7)/p-1. The molecule has 0 atom stereocenters. The van der Waals surface area contributed by atoms with Crippen molar-refractivity contribution in [3.63, 3.8) is 0 Å². The largest absolute Gasteiger partial charge is 0.545 e. The summed E-state index contributed by atoms with van der Waals surface area (Å²) >= 11 is 0. The van der Waals surface area contributed by atoms with Crippen molar-refractivity contribution in [1.82, 2.24) is 0 Å². The lowest BCUT2D eigenvalue weighted by Gasteiger charge is -2.05. The minimum Gasteiger partial charge on any atom is -0.545 e. The minimum absolute atomic E-state index is 0.153. The zero-order chi connectivity index (χ0) is 15.7. The van der Waals surface area contributed by atoms with Crippen LogP contribution in [-0.2, 0) is 4.79 Å². The summed E-state index contributed by atoms with van der Waals surface area (Å²) < 4.78 is 0. The van der Waals surface area contributed by atoms with E-state index in [1.54, 1.807) is 6.92 Å². The zero-order valence-electron chi connectivity index (χ0n) is 12.0. The van der Waals surface area contributed by atoms with E-state index in [-0.39, 0.29) is 5.57 Å². The Bertz CT molecular complexity index is 577. The average Bonchev–Trinajstić information content (AvgIpc) is 2.50. The molecule has 0 amide bonds. The van der Waals surface area contributed by atoms with Gasteiger partial charge in [0.1, 0.15) is 0 Å². The molecule has 0 bridgehead atoms. The molecule has 0 heterocycles. The molecule has 110 valence electrons. The molecular weight excluding hydrogens is 264 g/mol. The molecule has 0 aromatic heterocycles. The predicted octanol–water partition coefficient (Wildman–Crippen LogP) is 2.71. The van der Waals surface area contributed by atoms with Gasteiger partial charge in [0.15, 0.2) is 0 Å². The number of aliphatic carboxylic acids is 1. The quantitative estimate of drug-likeness (QED) is 0.668. The van der Waals surface area contributed by atoms with Crippen molar-refractivity contribution in [3.8, 4) is 0 Å². The lowest BCUT2D eigenvalue weighted by molar-refractivity contribution is -0.299. The van der Waals surface area contributed by atoms with Crippen LogP contribution in [0.3, 0.4) is 0 Å². The van der Waals surface area contributed by atoms with E-state index in [4.69, 9.17) is 5.73 Å². The Morgan fingerprint density at radius 1 is 1.10 bits per heavy atom. The molecule has 0 aliphatic rings. The van der Waals surface area contributed by atoms with E-state index in [1.807, 2.05) is 54.6 Å². The Balaban J connectivity index is 0.000000270. The van der Waals surface area contributed by atoms with Crippen LogP contribution in [0.15, 0.2) is 66.7 Å². The van der Waals surface area contributed by atoms with Crippen LogP contribution in [0.2, 0.25) is 0 Å². The van der Waals surface area contributed by atoms with Gasteiger partial charge in [0.05, 0.1) is 5.97 Å². The van der Waals surface area contributed by atoms with Crippen LogP contribution < -0.4 is 16.2 Å². The third-order valence-electron chi connectivity index (χ3n) is 2.69. The highest BCUT2D eigenvalue weighted by atomic mass is 16.4. The maximum atomic E-state index is 9.72. The second-order valence-electron chi connectivity index (χ2n) is 4.36. The number of carboxylic acids is 1. The fourth-order valence-electron chi connectivity index (χ4n) is 1.40. The van der Waals surface area contributed by atoms with Gasteiger partial charge < -0.3 is 21.0 Å². The number of para-hydroxylation sites is 1. The Morgan fingerprint density at radius 3 is 2.05 bits per heavy atom.